The number of alkyl halides is 3. The van der Waals surface area contributed by atoms with Crippen LogP contribution in [0.1, 0.15) is 11.3 Å². The number of aromatic nitrogens is 1. The Hall–Kier alpha value is -1.30. The Morgan fingerprint density at radius 2 is 2.18 bits per heavy atom. The maximum atomic E-state index is 12.2. The van der Waals surface area contributed by atoms with Gasteiger partial charge in [0.15, 0.2) is 0 Å². The Balaban J connectivity index is 2.19. The maximum Gasteiger partial charge on any atom is 0.471 e. The minimum atomic E-state index is -4.83. The van der Waals surface area contributed by atoms with Gasteiger partial charge in [-0.25, -0.2) is 0 Å². The molecule has 2 rings (SSSR count). The van der Waals surface area contributed by atoms with Crippen LogP contribution in [0.15, 0.2) is 12.3 Å². The zero-order chi connectivity index (χ0) is 12.6. The number of fused-ring (bicyclic) bond motifs is 1. The van der Waals surface area contributed by atoms with Crippen LogP contribution in [0.5, 0.6) is 0 Å². The standard InChI is InChI=1S/C10H8ClF3N2O/c11-7-3-6-1-2-16(5-8(6)15-4-7)9(17)10(12,13)14/h3-4H,1-2,5H2. The Morgan fingerprint density at radius 3 is 2.82 bits per heavy atom. The zero-order valence-corrected chi connectivity index (χ0v) is 9.35. The lowest BCUT2D eigenvalue weighted by molar-refractivity contribution is -0.186. The van der Waals surface area contributed by atoms with Crippen LogP contribution in [-0.2, 0) is 17.8 Å². The van der Waals surface area contributed by atoms with E-state index in [2.05, 4.69) is 4.98 Å². The number of hydrogen-bond acceptors (Lipinski definition) is 2. The normalized spacial score (nSPS) is 15.6. The summed E-state index contributed by atoms with van der Waals surface area (Å²) in [5.41, 5.74) is 1.27. The minimum Gasteiger partial charge on any atom is -0.329 e. The third-order valence-corrected chi connectivity index (χ3v) is 2.75. The molecule has 0 bridgehead atoms. The molecule has 92 valence electrons. The first-order valence-corrected chi connectivity index (χ1v) is 5.25. The van der Waals surface area contributed by atoms with Crippen molar-refractivity contribution in [1.29, 1.82) is 0 Å². The Bertz CT molecular complexity index is 461. The molecular formula is C10H8ClF3N2O. The van der Waals surface area contributed by atoms with Crippen molar-refractivity contribution in [2.75, 3.05) is 6.54 Å². The van der Waals surface area contributed by atoms with Crippen molar-refractivity contribution in [2.45, 2.75) is 19.1 Å². The number of pyridine rings is 1. The molecule has 2 heterocycles. The highest BCUT2D eigenvalue weighted by Crippen LogP contribution is 2.25. The SMILES string of the molecule is O=C(N1CCc2cc(Cl)cnc2C1)C(F)(F)F. The van der Waals surface area contributed by atoms with Crippen LogP contribution in [0.25, 0.3) is 0 Å². The fraction of sp³-hybridized carbons (Fsp3) is 0.400. The van der Waals surface area contributed by atoms with Crippen LogP contribution < -0.4 is 0 Å². The summed E-state index contributed by atoms with van der Waals surface area (Å²) in [4.78, 5) is 15.7. The molecule has 0 saturated carbocycles. The summed E-state index contributed by atoms with van der Waals surface area (Å²) in [6.07, 6.45) is -3.13. The molecule has 1 aromatic heterocycles. The molecule has 1 aromatic rings. The molecule has 0 aliphatic carbocycles. The first-order valence-electron chi connectivity index (χ1n) is 4.87. The molecule has 0 atom stereocenters. The summed E-state index contributed by atoms with van der Waals surface area (Å²) < 4.78 is 36.7. The Kier molecular flexibility index (Phi) is 2.99. The predicted molar refractivity (Wildman–Crippen MR) is 54.4 cm³/mol. The van der Waals surface area contributed by atoms with Crippen LogP contribution in [0, 0.1) is 0 Å². The van der Waals surface area contributed by atoms with Gasteiger partial charge in [0.05, 0.1) is 17.3 Å². The number of nitrogens with zero attached hydrogens (tertiary/aromatic N) is 2. The average molecular weight is 265 g/mol. The topological polar surface area (TPSA) is 33.2 Å². The van der Waals surface area contributed by atoms with Gasteiger partial charge in [0.25, 0.3) is 0 Å². The van der Waals surface area contributed by atoms with E-state index in [0.717, 1.165) is 10.5 Å². The number of carbonyl (C=O) groups is 1. The van der Waals surface area contributed by atoms with Crippen molar-refractivity contribution in [3.05, 3.63) is 28.5 Å². The number of halogens is 4. The van der Waals surface area contributed by atoms with Gasteiger partial charge in [-0.2, -0.15) is 13.2 Å². The van der Waals surface area contributed by atoms with E-state index in [1.165, 1.54) is 6.20 Å². The summed E-state index contributed by atoms with van der Waals surface area (Å²) in [6.45, 7) is -0.0851. The van der Waals surface area contributed by atoms with Gasteiger partial charge in [0.2, 0.25) is 0 Å². The lowest BCUT2D eigenvalue weighted by Crippen LogP contribution is -2.43. The molecule has 0 aromatic carbocycles. The molecule has 0 N–H and O–H groups in total. The molecule has 3 nitrogen and oxygen atoms in total. The third-order valence-electron chi connectivity index (χ3n) is 2.55. The largest absolute Gasteiger partial charge is 0.471 e. The van der Waals surface area contributed by atoms with E-state index in [0.29, 0.717) is 17.1 Å². The van der Waals surface area contributed by atoms with Crippen molar-refractivity contribution < 1.29 is 18.0 Å². The van der Waals surface area contributed by atoms with E-state index >= 15 is 0 Å². The second-order valence-electron chi connectivity index (χ2n) is 3.73. The lowest BCUT2D eigenvalue weighted by Gasteiger charge is -2.28. The minimum absolute atomic E-state index is 0.0351. The second kappa shape index (κ2) is 4.18. The summed E-state index contributed by atoms with van der Waals surface area (Å²) in [7, 11) is 0. The molecule has 0 fully saturated rings. The zero-order valence-electron chi connectivity index (χ0n) is 8.59. The molecule has 1 amide bonds. The van der Waals surface area contributed by atoms with Crippen LogP contribution in [0.3, 0.4) is 0 Å². The first kappa shape index (κ1) is 12.2. The quantitative estimate of drug-likeness (QED) is 0.720. The predicted octanol–water partition coefficient (Wildman–Crippen LogP) is 2.18. The number of carbonyl (C=O) groups excluding carboxylic acids is 1. The van der Waals surface area contributed by atoms with Crippen molar-refractivity contribution in [2.24, 2.45) is 0 Å². The highest BCUT2D eigenvalue weighted by atomic mass is 35.5. The molecule has 17 heavy (non-hydrogen) atoms. The fourth-order valence-corrected chi connectivity index (χ4v) is 1.92. The molecule has 1 aliphatic heterocycles. The van der Waals surface area contributed by atoms with Crippen molar-refractivity contribution in [3.8, 4) is 0 Å². The van der Waals surface area contributed by atoms with Gasteiger partial charge in [-0.3, -0.25) is 9.78 Å². The van der Waals surface area contributed by atoms with Gasteiger partial charge in [0.1, 0.15) is 0 Å². The van der Waals surface area contributed by atoms with Crippen LogP contribution in [-0.4, -0.2) is 28.5 Å². The highest BCUT2D eigenvalue weighted by Gasteiger charge is 2.43. The average Bonchev–Trinajstić information content (AvgIpc) is 2.26. The van der Waals surface area contributed by atoms with Gasteiger partial charge in [-0.1, -0.05) is 11.6 Å². The lowest BCUT2D eigenvalue weighted by atomic mass is 10.1. The van der Waals surface area contributed by atoms with Crippen molar-refractivity contribution >= 4 is 17.5 Å². The number of amides is 1. The monoisotopic (exact) mass is 264 g/mol. The third kappa shape index (κ3) is 2.52. The Morgan fingerprint density at radius 1 is 1.47 bits per heavy atom. The second-order valence-corrected chi connectivity index (χ2v) is 4.17. The van der Waals surface area contributed by atoms with E-state index in [1.54, 1.807) is 6.07 Å². The van der Waals surface area contributed by atoms with E-state index in [9.17, 15) is 18.0 Å². The van der Waals surface area contributed by atoms with Crippen LogP contribution in [0.2, 0.25) is 5.02 Å². The molecule has 0 saturated heterocycles. The Labute approximate surface area is 100 Å². The summed E-state index contributed by atoms with van der Waals surface area (Å²) >= 11 is 5.73. The maximum absolute atomic E-state index is 12.2. The molecule has 0 unspecified atom stereocenters. The molecule has 0 radical (unpaired) electrons. The van der Waals surface area contributed by atoms with E-state index in [4.69, 9.17) is 11.6 Å². The van der Waals surface area contributed by atoms with Gasteiger partial charge in [-0.15, -0.1) is 0 Å². The van der Waals surface area contributed by atoms with Crippen LogP contribution >= 0.6 is 11.6 Å². The summed E-state index contributed by atoms with van der Waals surface area (Å²) in [5, 5.41) is 0.444. The van der Waals surface area contributed by atoms with Gasteiger partial charge >= 0.3 is 12.1 Å². The van der Waals surface area contributed by atoms with Gasteiger partial charge in [-0.05, 0) is 18.1 Å². The van der Waals surface area contributed by atoms with Crippen molar-refractivity contribution in [3.63, 3.8) is 0 Å². The van der Waals surface area contributed by atoms with Gasteiger partial charge < -0.3 is 4.90 Å². The van der Waals surface area contributed by atoms with E-state index in [1.807, 2.05) is 0 Å². The first-order chi connectivity index (χ1) is 7.88. The highest BCUT2D eigenvalue weighted by molar-refractivity contribution is 6.30. The van der Waals surface area contributed by atoms with E-state index in [-0.39, 0.29) is 13.1 Å². The van der Waals surface area contributed by atoms with Crippen molar-refractivity contribution in [1.82, 2.24) is 9.88 Å². The summed E-state index contributed by atoms with van der Waals surface area (Å²) in [6, 6.07) is 1.67. The molecular weight excluding hydrogens is 257 g/mol. The smallest absolute Gasteiger partial charge is 0.329 e. The molecule has 1 aliphatic rings. The summed E-state index contributed by atoms with van der Waals surface area (Å²) in [5.74, 6) is -1.82. The molecule has 7 heteroatoms. The number of hydrogen-bond donors (Lipinski definition) is 0. The molecule has 0 spiro atoms. The van der Waals surface area contributed by atoms with E-state index < -0.39 is 12.1 Å². The number of rotatable bonds is 0. The van der Waals surface area contributed by atoms with Gasteiger partial charge in [0, 0.05) is 12.7 Å². The fourth-order valence-electron chi connectivity index (χ4n) is 1.74. The van der Waals surface area contributed by atoms with Crippen LogP contribution in [0.4, 0.5) is 13.2 Å².